The average Bonchev–Trinajstić information content (AvgIpc) is 3.64. The molecule has 5 heterocycles. The Morgan fingerprint density at radius 1 is 1.14 bits per heavy atom. The summed E-state index contributed by atoms with van der Waals surface area (Å²) in [5.41, 5.74) is 3.19. The van der Waals surface area contributed by atoms with E-state index in [1.54, 1.807) is 12.4 Å². The van der Waals surface area contributed by atoms with Crippen LogP contribution < -0.4 is 5.32 Å². The number of nitrogens with zero attached hydrogens (tertiary/aromatic N) is 7. The van der Waals surface area contributed by atoms with E-state index < -0.39 is 0 Å². The molecule has 0 aliphatic heterocycles. The number of aromatic amines is 1. The number of imidazole rings is 1. The minimum absolute atomic E-state index is 0.00791. The summed E-state index contributed by atoms with van der Waals surface area (Å²) in [5, 5.41) is 10.3. The second-order valence-corrected chi connectivity index (χ2v) is 10.0. The number of hydrogen-bond donors (Lipinski definition) is 2. The van der Waals surface area contributed by atoms with Gasteiger partial charge in [-0.2, -0.15) is 5.10 Å². The zero-order chi connectivity index (χ0) is 23.8. The first-order valence-corrected chi connectivity index (χ1v) is 12.4. The van der Waals surface area contributed by atoms with Gasteiger partial charge in [-0.25, -0.2) is 15.0 Å². The van der Waals surface area contributed by atoms with Crippen LogP contribution >= 0.6 is 22.9 Å². The van der Waals surface area contributed by atoms with Gasteiger partial charge in [-0.15, -0.1) is 0 Å². The number of fused-ring (bicyclic) bond motifs is 1. The highest BCUT2D eigenvalue weighted by atomic mass is 35.5. The van der Waals surface area contributed by atoms with Gasteiger partial charge in [0.1, 0.15) is 27.6 Å². The van der Waals surface area contributed by atoms with Crippen LogP contribution in [0.5, 0.6) is 0 Å². The zero-order valence-electron chi connectivity index (χ0n) is 18.4. The van der Waals surface area contributed by atoms with Crippen LogP contribution in [0, 0.1) is 0 Å². The second kappa shape index (κ2) is 9.16. The van der Waals surface area contributed by atoms with Crippen molar-refractivity contribution in [3.05, 3.63) is 58.5 Å². The quantitative estimate of drug-likeness (QED) is 0.364. The molecule has 2 N–H and O–H groups in total. The van der Waals surface area contributed by atoms with E-state index in [1.165, 1.54) is 23.9 Å². The van der Waals surface area contributed by atoms with Crippen LogP contribution in [-0.4, -0.2) is 51.6 Å². The van der Waals surface area contributed by atoms with Gasteiger partial charge >= 0.3 is 0 Å². The number of halogens is 1. The summed E-state index contributed by atoms with van der Waals surface area (Å²) in [6.45, 7) is 0. The van der Waals surface area contributed by atoms with Gasteiger partial charge in [0, 0.05) is 18.3 Å². The molecule has 1 amide bonds. The van der Waals surface area contributed by atoms with Crippen molar-refractivity contribution in [2.24, 2.45) is 0 Å². The summed E-state index contributed by atoms with van der Waals surface area (Å²) >= 11 is 7.15. The molecule has 0 aromatic carbocycles. The Kier molecular flexibility index (Phi) is 5.71. The Bertz CT molecular complexity index is 1480. The van der Waals surface area contributed by atoms with Crippen molar-refractivity contribution in [2.45, 2.75) is 37.8 Å². The minimum Gasteiger partial charge on any atom is -0.347 e. The fourth-order valence-corrected chi connectivity index (χ4v) is 5.45. The normalized spacial score (nSPS) is 18.1. The van der Waals surface area contributed by atoms with Crippen LogP contribution in [0.25, 0.3) is 34.1 Å². The van der Waals surface area contributed by atoms with Crippen LogP contribution in [0.15, 0.2) is 49.2 Å². The van der Waals surface area contributed by atoms with E-state index in [0.717, 1.165) is 48.2 Å². The van der Waals surface area contributed by atoms with E-state index in [9.17, 15) is 4.79 Å². The molecule has 0 saturated heterocycles. The number of pyridine rings is 2. The lowest BCUT2D eigenvalue weighted by molar-refractivity contribution is 0.0920. The van der Waals surface area contributed by atoms with Gasteiger partial charge in [-0.1, -0.05) is 29.0 Å². The molecular weight excluding hydrogens is 486 g/mol. The molecular formula is C23H20ClN9OS. The molecule has 1 fully saturated rings. The van der Waals surface area contributed by atoms with Crippen LogP contribution in [0.2, 0.25) is 4.34 Å². The predicted octanol–water partition coefficient (Wildman–Crippen LogP) is 4.30. The Morgan fingerprint density at radius 3 is 2.86 bits per heavy atom. The number of carbonyl (C=O) groups excluding carboxylic acids is 1. The predicted molar refractivity (Wildman–Crippen MR) is 132 cm³/mol. The van der Waals surface area contributed by atoms with Gasteiger partial charge in [0.25, 0.3) is 5.91 Å². The number of thiazole rings is 1. The molecule has 1 unspecified atom stereocenters. The van der Waals surface area contributed by atoms with Crippen molar-refractivity contribution < 1.29 is 4.79 Å². The molecule has 176 valence electrons. The van der Waals surface area contributed by atoms with Gasteiger partial charge in [-0.05, 0) is 43.9 Å². The van der Waals surface area contributed by atoms with Gasteiger partial charge in [0.2, 0.25) is 0 Å². The van der Waals surface area contributed by atoms with Gasteiger partial charge in [-0.3, -0.25) is 19.9 Å². The van der Waals surface area contributed by atoms with Crippen molar-refractivity contribution in [2.75, 3.05) is 0 Å². The monoisotopic (exact) mass is 505 g/mol. The standard InChI is InChI=1S/C23H20ClN9OS/c24-19-11-27-23(35-19)22(34)30-13-4-3-5-14(8-13)33-18-9-16(20-28-12-29-32-20)26-10-17(18)31-21(33)15-6-1-2-7-25-15/h1-2,6-7,9-14H,3-5,8H2,(H,30,34)(H,28,29,32)/t13-,14?/m0/s1. The molecule has 0 spiro atoms. The molecule has 2 atom stereocenters. The summed E-state index contributed by atoms with van der Waals surface area (Å²) in [5.74, 6) is 1.18. The first-order chi connectivity index (χ1) is 17.2. The van der Waals surface area contributed by atoms with Crippen molar-refractivity contribution in [3.63, 3.8) is 0 Å². The SMILES string of the molecule is O=C(N[C@H]1CCCC(n2c(-c3ccccn3)nc3cnc(-c4ncn[nH]4)cc32)C1)c1ncc(Cl)s1. The van der Waals surface area contributed by atoms with Crippen LogP contribution in [0.3, 0.4) is 0 Å². The average molecular weight is 506 g/mol. The third kappa shape index (κ3) is 4.28. The molecule has 12 heteroatoms. The first kappa shape index (κ1) is 21.8. The topological polar surface area (TPSA) is 127 Å². The Hall–Kier alpha value is -3.70. The molecule has 1 aliphatic carbocycles. The summed E-state index contributed by atoms with van der Waals surface area (Å²) in [6, 6.07) is 7.89. The fraction of sp³-hybridized carbons (Fsp3) is 0.261. The lowest BCUT2D eigenvalue weighted by Crippen LogP contribution is -2.39. The van der Waals surface area contributed by atoms with Crippen LogP contribution in [0.1, 0.15) is 41.5 Å². The van der Waals surface area contributed by atoms with Crippen LogP contribution in [-0.2, 0) is 0 Å². The smallest absolute Gasteiger partial charge is 0.280 e. The Balaban J connectivity index is 1.38. The number of H-pyrrole nitrogens is 1. The molecule has 5 aromatic rings. The summed E-state index contributed by atoms with van der Waals surface area (Å²) in [4.78, 5) is 35.1. The third-order valence-corrected chi connectivity index (χ3v) is 7.26. The minimum atomic E-state index is -0.190. The molecule has 0 bridgehead atoms. The number of amides is 1. The molecule has 0 radical (unpaired) electrons. The Labute approximate surface area is 208 Å². The van der Waals surface area contributed by atoms with Crippen molar-refractivity contribution >= 4 is 39.9 Å². The summed E-state index contributed by atoms with van der Waals surface area (Å²) in [7, 11) is 0. The van der Waals surface area contributed by atoms with Gasteiger partial charge in [0.15, 0.2) is 16.7 Å². The number of aromatic nitrogens is 8. The van der Waals surface area contributed by atoms with E-state index in [-0.39, 0.29) is 18.0 Å². The lowest BCUT2D eigenvalue weighted by Gasteiger charge is -2.31. The maximum absolute atomic E-state index is 12.7. The van der Waals surface area contributed by atoms with Gasteiger partial charge < -0.3 is 9.88 Å². The van der Waals surface area contributed by atoms with Crippen molar-refractivity contribution in [1.29, 1.82) is 0 Å². The van der Waals surface area contributed by atoms with E-state index in [1.807, 2.05) is 24.3 Å². The van der Waals surface area contributed by atoms with E-state index in [2.05, 4.69) is 40.0 Å². The highest BCUT2D eigenvalue weighted by Gasteiger charge is 2.29. The zero-order valence-corrected chi connectivity index (χ0v) is 20.0. The Morgan fingerprint density at radius 2 is 2.09 bits per heavy atom. The second-order valence-electron chi connectivity index (χ2n) is 8.37. The van der Waals surface area contributed by atoms with E-state index >= 15 is 0 Å². The van der Waals surface area contributed by atoms with Gasteiger partial charge in [0.05, 0.1) is 17.9 Å². The van der Waals surface area contributed by atoms with E-state index in [4.69, 9.17) is 16.6 Å². The maximum atomic E-state index is 12.7. The number of carbonyl (C=O) groups is 1. The molecule has 10 nitrogen and oxygen atoms in total. The molecule has 1 aliphatic rings. The fourth-order valence-electron chi connectivity index (χ4n) is 4.64. The molecule has 6 rings (SSSR count). The first-order valence-electron chi connectivity index (χ1n) is 11.2. The highest BCUT2D eigenvalue weighted by molar-refractivity contribution is 7.17. The largest absolute Gasteiger partial charge is 0.347 e. The van der Waals surface area contributed by atoms with Crippen molar-refractivity contribution in [1.82, 2.24) is 45.0 Å². The molecule has 35 heavy (non-hydrogen) atoms. The maximum Gasteiger partial charge on any atom is 0.280 e. The lowest BCUT2D eigenvalue weighted by atomic mass is 9.90. The summed E-state index contributed by atoms with van der Waals surface area (Å²) < 4.78 is 2.73. The number of hydrogen-bond acceptors (Lipinski definition) is 8. The van der Waals surface area contributed by atoms with E-state index in [0.29, 0.717) is 20.9 Å². The highest BCUT2D eigenvalue weighted by Crippen LogP contribution is 2.36. The number of nitrogens with one attached hydrogen (secondary N) is 2. The van der Waals surface area contributed by atoms with Crippen molar-refractivity contribution in [3.8, 4) is 23.0 Å². The molecule has 5 aromatic heterocycles. The molecule has 1 saturated carbocycles. The number of rotatable bonds is 5. The third-order valence-electron chi connectivity index (χ3n) is 6.15. The van der Waals surface area contributed by atoms with Crippen LogP contribution in [0.4, 0.5) is 0 Å². The summed E-state index contributed by atoms with van der Waals surface area (Å²) in [6.07, 6.45) is 10.1.